The van der Waals surface area contributed by atoms with Crippen molar-refractivity contribution in [3.05, 3.63) is 28.2 Å². The second kappa shape index (κ2) is 7.74. The molecular formula is C12H15BrO3S. The lowest BCUT2D eigenvalue weighted by Gasteiger charge is -2.04. The zero-order valence-electron chi connectivity index (χ0n) is 9.36. The molecule has 0 spiro atoms. The second-order valence-electron chi connectivity index (χ2n) is 3.58. The SMILES string of the molecule is O=C(O)c1cc(SCCCCCO)ccc1Br. The molecule has 1 aromatic rings. The van der Waals surface area contributed by atoms with Crippen LogP contribution in [-0.4, -0.2) is 28.5 Å². The third-order valence-corrected chi connectivity index (χ3v) is 4.01. The lowest BCUT2D eigenvalue weighted by molar-refractivity contribution is 0.0695. The Hall–Kier alpha value is -0.520. The molecule has 0 radical (unpaired) electrons. The van der Waals surface area contributed by atoms with Crippen LogP contribution in [0.1, 0.15) is 29.6 Å². The maximum atomic E-state index is 10.9. The summed E-state index contributed by atoms with van der Waals surface area (Å²) in [5.41, 5.74) is 0.297. The van der Waals surface area contributed by atoms with Gasteiger partial charge in [0.25, 0.3) is 0 Å². The van der Waals surface area contributed by atoms with Gasteiger partial charge in [0.2, 0.25) is 0 Å². The first-order valence-corrected chi connectivity index (χ1v) is 7.19. The van der Waals surface area contributed by atoms with E-state index in [2.05, 4.69) is 15.9 Å². The summed E-state index contributed by atoms with van der Waals surface area (Å²) in [6.45, 7) is 0.242. The van der Waals surface area contributed by atoms with E-state index in [1.807, 2.05) is 6.07 Å². The van der Waals surface area contributed by atoms with Crippen LogP contribution in [0.15, 0.2) is 27.6 Å². The topological polar surface area (TPSA) is 57.5 Å². The third-order valence-electron chi connectivity index (χ3n) is 2.24. The molecule has 0 aliphatic carbocycles. The molecule has 0 aromatic heterocycles. The van der Waals surface area contributed by atoms with Crippen LogP contribution in [0.2, 0.25) is 0 Å². The number of aliphatic hydroxyl groups is 1. The van der Waals surface area contributed by atoms with Crippen molar-refractivity contribution in [2.45, 2.75) is 24.2 Å². The minimum atomic E-state index is -0.917. The molecule has 0 aliphatic heterocycles. The molecule has 0 bridgehead atoms. The van der Waals surface area contributed by atoms with Crippen LogP contribution in [0, 0.1) is 0 Å². The molecule has 0 amide bonds. The van der Waals surface area contributed by atoms with Gasteiger partial charge < -0.3 is 10.2 Å². The first-order valence-electron chi connectivity index (χ1n) is 5.41. The van der Waals surface area contributed by atoms with E-state index < -0.39 is 5.97 Å². The van der Waals surface area contributed by atoms with Crippen molar-refractivity contribution in [2.24, 2.45) is 0 Å². The number of carboxylic acids is 1. The van der Waals surface area contributed by atoms with E-state index in [1.54, 1.807) is 23.9 Å². The van der Waals surface area contributed by atoms with Gasteiger partial charge in [-0.15, -0.1) is 11.8 Å². The van der Waals surface area contributed by atoms with Crippen LogP contribution in [0.4, 0.5) is 0 Å². The maximum absolute atomic E-state index is 10.9. The lowest BCUT2D eigenvalue weighted by Crippen LogP contribution is -1.97. The molecule has 17 heavy (non-hydrogen) atoms. The van der Waals surface area contributed by atoms with Gasteiger partial charge in [0.1, 0.15) is 0 Å². The molecule has 0 aliphatic rings. The average Bonchev–Trinajstić information content (AvgIpc) is 2.30. The predicted octanol–water partition coefficient (Wildman–Crippen LogP) is 3.40. The molecule has 5 heteroatoms. The van der Waals surface area contributed by atoms with Crippen LogP contribution in [0.5, 0.6) is 0 Å². The van der Waals surface area contributed by atoms with Crippen molar-refractivity contribution >= 4 is 33.7 Å². The van der Waals surface area contributed by atoms with Crippen LogP contribution in [0.3, 0.4) is 0 Å². The fraction of sp³-hybridized carbons (Fsp3) is 0.417. The van der Waals surface area contributed by atoms with E-state index in [4.69, 9.17) is 10.2 Å². The fourth-order valence-electron chi connectivity index (χ4n) is 1.34. The molecule has 3 nitrogen and oxygen atoms in total. The number of benzene rings is 1. The van der Waals surface area contributed by atoms with E-state index in [0.29, 0.717) is 10.0 Å². The van der Waals surface area contributed by atoms with Crippen molar-refractivity contribution in [3.8, 4) is 0 Å². The molecule has 2 N–H and O–H groups in total. The van der Waals surface area contributed by atoms with E-state index in [0.717, 1.165) is 29.9 Å². The summed E-state index contributed by atoms with van der Waals surface area (Å²) in [7, 11) is 0. The standard InChI is InChI=1S/C12H15BrO3S/c13-11-5-4-9(8-10(11)12(15)16)17-7-3-1-2-6-14/h4-5,8,14H,1-3,6-7H2,(H,15,16). The van der Waals surface area contributed by atoms with Crippen molar-refractivity contribution in [2.75, 3.05) is 12.4 Å². The first-order chi connectivity index (χ1) is 8.15. The smallest absolute Gasteiger partial charge is 0.336 e. The number of carboxylic acid groups (broad SMARTS) is 1. The number of aliphatic hydroxyl groups excluding tert-OH is 1. The molecule has 94 valence electrons. The van der Waals surface area contributed by atoms with Gasteiger partial charge in [-0.3, -0.25) is 0 Å². The molecule has 0 saturated heterocycles. The van der Waals surface area contributed by atoms with Gasteiger partial charge in [-0.1, -0.05) is 6.42 Å². The van der Waals surface area contributed by atoms with Gasteiger partial charge >= 0.3 is 5.97 Å². The van der Waals surface area contributed by atoms with Gasteiger partial charge in [-0.2, -0.15) is 0 Å². The van der Waals surface area contributed by atoms with Gasteiger partial charge in [-0.05, 0) is 52.7 Å². The van der Waals surface area contributed by atoms with Crippen LogP contribution < -0.4 is 0 Å². The third kappa shape index (κ3) is 5.10. The normalized spacial score (nSPS) is 10.5. The number of rotatable bonds is 7. The van der Waals surface area contributed by atoms with E-state index in [-0.39, 0.29) is 6.61 Å². The molecule has 0 fully saturated rings. The molecule has 0 atom stereocenters. The van der Waals surface area contributed by atoms with Crippen molar-refractivity contribution in [1.82, 2.24) is 0 Å². The Labute approximate surface area is 113 Å². The number of aromatic carboxylic acids is 1. The number of carbonyl (C=O) groups is 1. The molecule has 0 unspecified atom stereocenters. The number of halogens is 1. The molecule has 0 heterocycles. The Morgan fingerprint density at radius 3 is 2.71 bits per heavy atom. The quantitative estimate of drug-likeness (QED) is 0.597. The summed E-state index contributed by atoms with van der Waals surface area (Å²) in [6, 6.07) is 5.36. The van der Waals surface area contributed by atoms with Crippen molar-refractivity contribution in [1.29, 1.82) is 0 Å². The second-order valence-corrected chi connectivity index (χ2v) is 5.60. The van der Waals surface area contributed by atoms with E-state index in [9.17, 15) is 4.79 Å². The highest BCUT2D eigenvalue weighted by atomic mass is 79.9. The summed E-state index contributed by atoms with van der Waals surface area (Å²) in [5.74, 6) is 0.0281. The Kier molecular flexibility index (Phi) is 6.62. The summed E-state index contributed by atoms with van der Waals surface area (Å²) < 4.78 is 0.606. The highest BCUT2D eigenvalue weighted by Crippen LogP contribution is 2.25. The summed E-state index contributed by atoms with van der Waals surface area (Å²) in [6.07, 6.45) is 2.87. The predicted molar refractivity (Wildman–Crippen MR) is 72.8 cm³/mol. The van der Waals surface area contributed by atoms with Crippen molar-refractivity contribution < 1.29 is 15.0 Å². The Morgan fingerprint density at radius 2 is 2.06 bits per heavy atom. The molecule has 1 rings (SSSR count). The minimum Gasteiger partial charge on any atom is -0.478 e. The Morgan fingerprint density at radius 1 is 1.29 bits per heavy atom. The fourth-order valence-corrected chi connectivity index (χ4v) is 2.70. The highest BCUT2D eigenvalue weighted by molar-refractivity contribution is 9.10. The number of unbranched alkanes of at least 4 members (excludes halogenated alkanes) is 2. The summed E-state index contributed by atoms with van der Waals surface area (Å²) in [4.78, 5) is 11.9. The average molecular weight is 319 g/mol. The Bertz CT molecular complexity index is 382. The van der Waals surface area contributed by atoms with Crippen molar-refractivity contribution in [3.63, 3.8) is 0 Å². The number of thioether (sulfide) groups is 1. The highest BCUT2D eigenvalue weighted by Gasteiger charge is 2.08. The monoisotopic (exact) mass is 318 g/mol. The van der Waals surface area contributed by atoms with E-state index in [1.165, 1.54) is 0 Å². The molecule has 1 aromatic carbocycles. The van der Waals surface area contributed by atoms with Crippen LogP contribution in [0.25, 0.3) is 0 Å². The lowest BCUT2D eigenvalue weighted by atomic mass is 10.2. The zero-order valence-corrected chi connectivity index (χ0v) is 11.8. The Balaban J connectivity index is 2.49. The minimum absolute atomic E-state index is 0.242. The van der Waals surface area contributed by atoms with Gasteiger partial charge in [-0.25, -0.2) is 4.79 Å². The molecular weight excluding hydrogens is 304 g/mol. The first kappa shape index (κ1) is 14.5. The number of hydrogen-bond acceptors (Lipinski definition) is 3. The van der Waals surface area contributed by atoms with Gasteiger partial charge in [0, 0.05) is 16.0 Å². The van der Waals surface area contributed by atoms with Gasteiger partial charge in [0.15, 0.2) is 0 Å². The summed E-state index contributed by atoms with van der Waals surface area (Å²) in [5, 5.41) is 17.6. The maximum Gasteiger partial charge on any atom is 0.336 e. The summed E-state index contributed by atoms with van der Waals surface area (Å²) >= 11 is 4.86. The van der Waals surface area contributed by atoms with Crippen LogP contribution in [-0.2, 0) is 0 Å². The largest absolute Gasteiger partial charge is 0.478 e. The van der Waals surface area contributed by atoms with Gasteiger partial charge in [0.05, 0.1) is 5.56 Å². The van der Waals surface area contributed by atoms with E-state index >= 15 is 0 Å². The number of hydrogen-bond donors (Lipinski definition) is 2. The zero-order chi connectivity index (χ0) is 12.7. The molecule has 0 saturated carbocycles. The van der Waals surface area contributed by atoms with Crippen LogP contribution >= 0.6 is 27.7 Å².